The number of alkyl halides is 3. The topological polar surface area (TPSA) is 89.8 Å². The van der Waals surface area contributed by atoms with Crippen LogP contribution in [0.5, 0.6) is 0 Å². The van der Waals surface area contributed by atoms with Crippen LogP contribution < -0.4 is 0 Å². The van der Waals surface area contributed by atoms with E-state index < -0.39 is 34.6 Å². The molecule has 7 nitrogen and oxygen atoms in total. The fourth-order valence-electron chi connectivity index (χ4n) is 2.78. The molecule has 0 N–H and O–H groups in total. The predicted octanol–water partition coefficient (Wildman–Crippen LogP) is 4.08. The molecule has 28 heavy (non-hydrogen) atoms. The van der Waals surface area contributed by atoms with Crippen molar-refractivity contribution in [2.45, 2.75) is 31.7 Å². The van der Waals surface area contributed by atoms with E-state index >= 15 is 0 Å². The van der Waals surface area contributed by atoms with Gasteiger partial charge in [-0.25, -0.2) is 4.79 Å². The molecule has 3 rings (SSSR count). The van der Waals surface area contributed by atoms with Crippen molar-refractivity contribution in [2.24, 2.45) is 0 Å². The molecule has 0 aromatic carbocycles. The van der Waals surface area contributed by atoms with Crippen LogP contribution in [0.25, 0.3) is 0 Å². The van der Waals surface area contributed by atoms with Crippen LogP contribution in [0, 0.1) is 10.1 Å². The molecule has 1 fully saturated rings. The Balaban J connectivity index is 1.63. The van der Waals surface area contributed by atoms with Crippen molar-refractivity contribution in [3.8, 4) is 0 Å². The van der Waals surface area contributed by atoms with E-state index in [2.05, 4.69) is 0 Å². The molecule has 1 unspecified atom stereocenters. The van der Waals surface area contributed by atoms with Gasteiger partial charge in [0, 0.05) is 22.9 Å². The first kappa shape index (κ1) is 20.3. The van der Waals surface area contributed by atoms with Gasteiger partial charge in [-0.2, -0.15) is 13.2 Å². The molecular formula is C16H13F3N2O5S2. The van der Waals surface area contributed by atoms with Crippen LogP contribution in [-0.2, 0) is 22.3 Å². The SMILES string of the molecule is O=C(OCc1cc(C(F)(F)F)cs1)C1CCCN1C(=O)c1ccc([N+](=O)[O-])s1. The van der Waals surface area contributed by atoms with Gasteiger partial charge in [0.1, 0.15) is 12.6 Å². The molecule has 0 spiro atoms. The van der Waals surface area contributed by atoms with E-state index in [0.29, 0.717) is 19.4 Å². The number of thiophene rings is 2. The Bertz CT molecular complexity index is 908. The van der Waals surface area contributed by atoms with Crippen molar-refractivity contribution >= 4 is 39.6 Å². The number of nitro groups is 1. The van der Waals surface area contributed by atoms with Gasteiger partial charge in [-0.1, -0.05) is 11.3 Å². The highest BCUT2D eigenvalue weighted by Gasteiger charge is 2.37. The van der Waals surface area contributed by atoms with Crippen molar-refractivity contribution in [1.82, 2.24) is 4.90 Å². The van der Waals surface area contributed by atoms with Crippen molar-refractivity contribution in [2.75, 3.05) is 6.54 Å². The molecular weight excluding hydrogens is 421 g/mol. The molecule has 0 radical (unpaired) electrons. The average molecular weight is 434 g/mol. The van der Waals surface area contributed by atoms with Crippen LogP contribution in [0.1, 0.15) is 33.0 Å². The highest BCUT2D eigenvalue weighted by atomic mass is 32.1. The van der Waals surface area contributed by atoms with Gasteiger partial charge in [0.05, 0.1) is 15.4 Å². The number of hydrogen-bond acceptors (Lipinski definition) is 7. The lowest BCUT2D eigenvalue weighted by atomic mass is 10.2. The summed E-state index contributed by atoms with van der Waals surface area (Å²) in [5, 5.41) is 11.5. The maximum Gasteiger partial charge on any atom is 0.417 e. The van der Waals surface area contributed by atoms with E-state index in [4.69, 9.17) is 4.74 Å². The molecule has 150 valence electrons. The number of halogens is 3. The third kappa shape index (κ3) is 4.33. The Morgan fingerprint density at radius 2 is 2.11 bits per heavy atom. The van der Waals surface area contributed by atoms with Crippen LogP contribution in [0.4, 0.5) is 18.2 Å². The zero-order valence-electron chi connectivity index (χ0n) is 14.1. The standard InChI is InChI=1S/C16H13F3N2O5S2/c17-16(18,19)9-6-10(27-8-9)7-26-15(23)11-2-1-5-20(11)14(22)12-3-4-13(28-12)21(24)25/h3-4,6,8,11H,1-2,5,7H2. The molecule has 2 aromatic heterocycles. The summed E-state index contributed by atoms with van der Waals surface area (Å²) in [6.45, 7) is -0.0237. The molecule has 0 saturated carbocycles. The fraction of sp³-hybridized carbons (Fsp3) is 0.375. The van der Waals surface area contributed by atoms with Gasteiger partial charge >= 0.3 is 17.1 Å². The third-order valence-electron chi connectivity index (χ3n) is 4.11. The molecule has 0 bridgehead atoms. The number of hydrogen-bond donors (Lipinski definition) is 0. The molecule has 1 aliphatic rings. The van der Waals surface area contributed by atoms with Gasteiger partial charge in [0.2, 0.25) is 0 Å². The Kier molecular flexibility index (Phi) is 5.70. The molecule has 0 aliphatic carbocycles. The monoisotopic (exact) mass is 434 g/mol. The Morgan fingerprint density at radius 3 is 2.71 bits per heavy atom. The first-order valence-corrected chi connectivity index (χ1v) is 9.73. The molecule has 3 heterocycles. The van der Waals surface area contributed by atoms with Crippen LogP contribution >= 0.6 is 22.7 Å². The minimum atomic E-state index is -4.46. The number of likely N-dealkylation sites (tertiary alicyclic amines) is 1. The van der Waals surface area contributed by atoms with Crippen molar-refractivity contribution in [3.63, 3.8) is 0 Å². The normalized spacial score (nSPS) is 17.0. The smallest absolute Gasteiger partial charge is 0.417 e. The molecule has 1 aliphatic heterocycles. The van der Waals surface area contributed by atoms with Crippen LogP contribution in [0.3, 0.4) is 0 Å². The molecule has 12 heteroatoms. The van der Waals surface area contributed by atoms with Gasteiger partial charge in [-0.15, -0.1) is 11.3 Å². The minimum absolute atomic E-state index is 0.138. The van der Waals surface area contributed by atoms with Gasteiger partial charge in [0.25, 0.3) is 5.91 Å². The van der Waals surface area contributed by atoms with E-state index in [1.807, 2.05) is 0 Å². The minimum Gasteiger partial charge on any atom is -0.458 e. The van der Waals surface area contributed by atoms with E-state index in [9.17, 15) is 32.9 Å². The maximum atomic E-state index is 12.6. The number of esters is 1. The van der Waals surface area contributed by atoms with Crippen molar-refractivity contribution in [1.29, 1.82) is 0 Å². The van der Waals surface area contributed by atoms with Crippen LogP contribution in [0.2, 0.25) is 0 Å². The summed E-state index contributed by atoms with van der Waals surface area (Å²) in [4.78, 5) is 36.7. The molecule has 2 aromatic rings. The van der Waals surface area contributed by atoms with Gasteiger partial charge in [0.15, 0.2) is 0 Å². The molecule has 1 saturated heterocycles. The Labute approximate surface area is 164 Å². The van der Waals surface area contributed by atoms with E-state index in [-0.39, 0.29) is 21.4 Å². The van der Waals surface area contributed by atoms with Crippen LogP contribution in [0.15, 0.2) is 23.6 Å². The van der Waals surface area contributed by atoms with Gasteiger partial charge in [-0.05, 0) is 25.0 Å². The van der Waals surface area contributed by atoms with E-state index in [1.165, 1.54) is 17.0 Å². The quantitative estimate of drug-likeness (QED) is 0.402. The first-order valence-electron chi connectivity index (χ1n) is 8.03. The van der Waals surface area contributed by atoms with E-state index in [1.54, 1.807) is 0 Å². The van der Waals surface area contributed by atoms with Crippen molar-refractivity contribution in [3.05, 3.63) is 49.0 Å². The summed E-state index contributed by atoms with van der Waals surface area (Å²) < 4.78 is 42.9. The van der Waals surface area contributed by atoms with Gasteiger partial charge in [-0.3, -0.25) is 14.9 Å². The zero-order chi connectivity index (χ0) is 20.5. The maximum absolute atomic E-state index is 12.6. The first-order chi connectivity index (χ1) is 13.2. The summed E-state index contributed by atoms with van der Waals surface area (Å²) in [5.41, 5.74) is -0.805. The lowest BCUT2D eigenvalue weighted by Gasteiger charge is -2.22. The number of amides is 1. The summed E-state index contributed by atoms with van der Waals surface area (Å²) in [5.74, 6) is -1.22. The predicted molar refractivity (Wildman–Crippen MR) is 94.1 cm³/mol. The zero-order valence-corrected chi connectivity index (χ0v) is 15.7. The van der Waals surface area contributed by atoms with E-state index in [0.717, 1.165) is 34.1 Å². The summed E-state index contributed by atoms with van der Waals surface area (Å²) in [6, 6.07) is 2.60. The second-order valence-corrected chi connectivity index (χ2v) is 8.02. The lowest BCUT2D eigenvalue weighted by molar-refractivity contribution is -0.380. The van der Waals surface area contributed by atoms with Crippen molar-refractivity contribution < 1.29 is 32.4 Å². The average Bonchev–Trinajstić information content (AvgIpc) is 3.38. The Morgan fingerprint density at radius 1 is 1.36 bits per heavy atom. The number of ether oxygens (including phenoxy) is 1. The number of nitrogens with zero attached hydrogens (tertiary/aromatic N) is 2. The second-order valence-electron chi connectivity index (χ2n) is 5.96. The molecule has 1 atom stereocenters. The second kappa shape index (κ2) is 7.87. The summed E-state index contributed by atoms with van der Waals surface area (Å²) in [6.07, 6.45) is -3.55. The number of rotatable bonds is 5. The lowest BCUT2D eigenvalue weighted by Crippen LogP contribution is -2.41. The van der Waals surface area contributed by atoms with Gasteiger partial charge < -0.3 is 9.64 Å². The third-order valence-corrected chi connectivity index (χ3v) is 6.04. The number of carbonyl (C=O) groups excluding carboxylic acids is 2. The summed E-state index contributed by atoms with van der Waals surface area (Å²) in [7, 11) is 0. The fourth-order valence-corrected chi connectivity index (χ4v) is 4.36. The Hall–Kier alpha value is -2.47. The number of carbonyl (C=O) groups is 2. The summed E-state index contributed by atoms with van der Waals surface area (Å²) >= 11 is 1.55. The largest absolute Gasteiger partial charge is 0.458 e. The highest BCUT2D eigenvalue weighted by molar-refractivity contribution is 7.17. The van der Waals surface area contributed by atoms with Crippen LogP contribution in [-0.4, -0.2) is 34.3 Å². The highest BCUT2D eigenvalue weighted by Crippen LogP contribution is 2.33. The molecule has 1 amide bonds.